The second-order valence-corrected chi connectivity index (χ2v) is 5.67. The molecule has 0 bridgehead atoms. The van der Waals surface area contributed by atoms with Crippen molar-refractivity contribution in [2.24, 2.45) is 0 Å². The lowest BCUT2D eigenvalue weighted by Crippen LogP contribution is -2.46. The summed E-state index contributed by atoms with van der Waals surface area (Å²) in [6.07, 6.45) is 1.33. The van der Waals surface area contributed by atoms with Gasteiger partial charge in [0.2, 0.25) is 5.91 Å². The summed E-state index contributed by atoms with van der Waals surface area (Å²) in [5, 5.41) is 14.6. The average molecular weight is 366 g/mol. The molecule has 0 aliphatic rings. The Morgan fingerprint density at radius 3 is 2.67 bits per heavy atom. The molecule has 1 heterocycles. The van der Waals surface area contributed by atoms with Crippen LogP contribution in [0.25, 0.3) is 11.0 Å². The number of ether oxygens (including phenoxy) is 1. The standard InChI is InChI=1S/C19H18N4O4/c1-27-13-6-4-5-12(9-13)21-19(26)17(11-24)23-18(25)16-10-20-14-7-2-3-8-15(14)22-16/h2-10,17,24H,11H2,1H3,(H,21,26)(H,23,25). The molecule has 2 amide bonds. The zero-order chi connectivity index (χ0) is 19.2. The van der Waals surface area contributed by atoms with E-state index in [2.05, 4.69) is 20.6 Å². The minimum absolute atomic E-state index is 0.0568. The van der Waals surface area contributed by atoms with E-state index in [1.807, 2.05) is 6.07 Å². The van der Waals surface area contributed by atoms with Crippen LogP contribution in [0.2, 0.25) is 0 Å². The van der Waals surface area contributed by atoms with E-state index >= 15 is 0 Å². The highest BCUT2D eigenvalue weighted by atomic mass is 16.5. The predicted octanol–water partition coefficient (Wildman–Crippen LogP) is 1.37. The SMILES string of the molecule is COc1cccc(NC(=O)C(CO)NC(=O)c2cnc3ccccc3n2)c1. The molecule has 3 N–H and O–H groups in total. The first kappa shape index (κ1) is 18.3. The number of nitrogens with one attached hydrogen (secondary N) is 2. The van der Waals surface area contributed by atoms with Crippen molar-refractivity contribution in [2.45, 2.75) is 6.04 Å². The van der Waals surface area contributed by atoms with Crippen LogP contribution in [0.1, 0.15) is 10.5 Å². The molecule has 138 valence electrons. The lowest BCUT2D eigenvalue weighted by molar-refractivity contribution is -0.118. The quantitative estimate of drug-likeness (QED) is 0.607. The molecule has 0 radical (unpaired) electrons. The van der Waals surface area contributed by atoms with Crippen molar-refractivity contribution in [3.63, 3.8) is 0 Å². The maximum atomic E-state index is 12.4. The molecular weight excluding hydrogens is 348 g/mol. The van der Waals surface area contributed by atoms with Crippen LogP contribution in [0, 0.1) is 0 Å². The van der Waals surface area contributed by atoms with Crippen LogP contribution in [-0.4, -0.2) is 46.6 Å². The third-order valence-corrected chi connectivity index (χ3v) is 3.82. The molecule has 0 aliphatic carbocycles. The van der Waals surface area contributed by atoms with E-state index in [4.69, 9.17) is 4.74 Å². The van der Waals surface area contributed by atoms with E-state index < -0.39 is 24.5 Å². The van der Waals surface area contributed by atoms with Crippen LogP contribution in [0.3, 0.4) is 0 Å². The lowest BCUT2D eigenvalue weighted by atomic mass is 10.2. The van der Waals surface area contributed by atoms with Gasteiger partial charge in [0.25, 0.3) is 5.91 Å². The zero-order valence-electron chi connectivity index (χ0n) is 14.5. The highest BCUT2D eigenvalue weighted by Gasteiger charge is 2.22. The van der Waals surface area contributed by atoms with Crippen LogP contribution in [-0.2, 0) is 4.79 Å². The van der Waals surface area contributed by atoms with Crippen LogP contribution in [0.5, 0.6) is 5.75 Å². The van der Waals surface area contributed by atoms with Crippen molar-refractivity contribution in [1.82, 2.24) is 15.3 Å². The van der Waals surface area contributed by atoms with Gasteiger partial charge in [-0.15, -0.1) is 0 Å². The minimum Gasteiger partial charge on any atom is -0.497 e. The number of aliphatic hydroxyl groups excluding tert-OH is 1. The number of amides is 2. The van der Waals surface area contributed by atoms with Crippen LogP contribution >= 0.6 is 0 Å². The van der Waals surface area contributed by atoms with E-state index in [9.17, 15) is 14.7 Å². The Kier molecular flexibility index (Phi) is 5.58. The maximum absolute atomic E-state index is 12.4. The monoisotopic (exact) mass is 366 g/mol. The Labute approximate surface area is 155 Å². The number of anilines is 1. The van der Waals surface area contributed by atoms with Crippen molar-refractivity contribution >= 4 is 28.5 Å². The van der Waals surface area contributed by atoms with E-state index in [1.54, 1.807) is 42.5 Å². The number of benzene rings is 2. The number of aromatic nitrogens is 2. The number of hydrogen-bond donors (Lipinski definition) is 3. The number of methoxy groups -OCH3 is 1. The molecule has 0 aliphatic heterocycles. The minimum atomic E-state index is -1.14. The fraction of sp³-hybridized carbons (Fsp3) is 0.158. The molecule has 2 aromatic carbocycles. The van der Waals surface area contributed by atoms with Gasteiger partial charge in [0.1, 0.15) is 17.5 Å². The van der Waals surface area contributed by atoms with E-state index in [0.717, 1.165) is 0 Å². The number of nitrogens with zero attached hydrogens (tertiary/aromatic N) is 2. The van der Waals surface area contributed by atoms with Gasteiger partial charge >= 0.3 is 0 Å². The first-order chi connectivity index (χ1) is 13.1. The van der Waals surface area contributed by atoms with Gasteiger partial charge in [-0.05, 0) is 24.3 Å². The number of hydrogen-bond acceptors (Lipinski definition) is 6. The number of carbonyl (C=O) groups excluding carboxylic acids is 2. The first-order valence-electron chi connectivity index (χ1n) is 8.19. The molecule has 0 saturated carbocycles. The first-order valence-corrected chi connectivity index (χ1v) is 8.19. The molecule has 1 aromatic heterocycles. The normalized spacial score (nSPS) is 11.6. The van der Waals surface area contributed by atoms with Crippen molar-refractivity contribution in [1.29, 1.82) is 0 Å². The zero-order valence-corrected chi connectivity index (χ0v) is 14.5. The molecule has 0 fully saturated rings. The second kappa shape index (κ2) is 8.24. The Bertz CT molecular complexity index is 977. The number of aliphatic hydroxyl groups is 1. The van der Waals surface area contributed by atoms with Gasteiger partial charge in [-0.2, -0.15) is 0 Å². The summed E-state index contributed by atoms with van der Waals surface area (Å²) < 4.78 is 5.10. The third-order valence-electron chi connectivity index (χ3n) is 3.82. The fourth-order valence-corrected chi connectivity index (χ4v) is 2.42. The molecule has 3 rings (SSSR count). The number of rotatable bonds is 6. The molecule has 27 heavy (non-hydrogen) atoms. The Hall–Kier alpha value is -3.52. The molecule has 3 aromatic rings. The number of carbonyl (C=O) groups is 2. The summed E-state index contributed by atoms with van der Waals surface area (Å²) in [6.45, 7) is -0.567. The number of para-hydroxylation sites is 2. The molecule has 1 atom stereocenters. The number of fused-ring (bicyclic) bond motifs is 1. The highest BCUT2D eigenvalue weighted by Crippen LogP contribution is 2.17. The van der Waals surface area contributed by atoms with Gasteiger partial charge in [0.05, 0.1) is 30.9 Å². The van der Waals surface area contributed by atoms with Gasteiger partial charge in [-0.3, -0.25) is 14.6 Å². The lowest BCUT2D eigenvalue weighted by Gasteiger charge is -2.16. The molecule has 1 unspecified atom stereocenters. The molecular formula is C19H18N4O4. The average Bonchev–Trinajstić information content (AvgIpc) is 2.71. The van der Waals surface area contributed by atoms with Crippen LogP contribution in [0.15, 0.2) is 54.7 Å². The van der Waals surface area contributed by atoms with Crippen molar-refractivity contribution in [3.8, 4) is 5.75 Å². The summed E-state index contributed by atoms with van der Waals surface area (Å²) >= 11 is 0. The summed E-state index contributed by atoms with van der Waals surface area (Å²) in [6, 6.07) is 12.7. The highest BCUT2D eigenvalue weighted by molar-refractivity contribution is 6.01. The largest absolute Gasteiger partial charge is 0.497 e. The van der Waals surface area contributed by atoms with Crippen LogP contribution < -0.4 is 15.4 Å². The summed E-state index contributed by atoms with van der Waals surface area (Å²) in [7, 11) is 1.52. The van der Waals surface area contributed by atoms with Gasteiger partial charge in [0.15, 0.2) is 0 Å². The predicted molar refractivity (Wildman–Crippen MR) is 99.5 cm³/mol. The topological polar surface area (TPSA) is 113 Å². The third kappa shape index (κ3) is 4.36. The Morgan fingerprint density at radius 1 is 1.15 bits per heavy atom. The van der Waals surface area contributed by atoms with Crippen molar-refractivity contribution < 1.29 is 19.4 Å². The Morgan fingerprint density at radius 2 is 1.93 bits per heavy atom. The van der Waals surface area contributed by atoms with Gasteiger partial charge < -0.3 is 20.5 Å². The van der Waals surface area contributed by atoms with Crippen LogP contribution in [0.4, 0.5) is 5.69 Å². The van der Waals surface area contributed by atoms with E-state index in [0.29, 0.717) is 22.5 Å². The van der Waals surface area contributed by atoms with Gasteiger partial charge in [-0.25, -0.2) is 4.98 Å². The molecule has 8 nitrogen and oxygen atoms in total. The second-order valence-electron chi connectivity index (χ2n) is 5.67. The summed E-state index contributed by atoms with van der Waals surface area (Å²) in [5.74, 6) is -0.593. The summed E-state index contributed by atoms with van der Waals surface area (Å²) in [5.41, 5.74) is 1.76. The molecule has 0 spiro atoms. The van der Waals surface area contributed by atoms with E-state index in [-0.39, 0.29) is 5.69 Å². The summed E-state index contributed by atoms with van der Waals surface area (Å²) in [4.78, 5) is 33.1. The smallest absolute Gasteiger partial charge is 0.272 e. The Balaban J connectivity index is 1.70. The maximum Gasteiger partial charge on any atom is 0.272 e. The van der Waals surface area contributed by atoms with Crippen molar-refractivity contribution in [3.05, 3.63) is 60.4 Å². The van der Waals surface area contributed by atoms with Gasteiger partial charge in [-0.1, -0.05) is 18.2 Å². The molecule has 8 heteroatoms. The fourth-order valence-electron chi connectivity index (χ4n) is 2.42. The molecule has 0 saturated heterocycles. The van der Waals surface area contributed by atoms with Crippen molar-refractivity contribution in [2.75, 3.05) is 19.0 Å². The van der Waals surface area contributed by atoms with E-state index in [1.165, 1.54) is 13.3 Å². The van der Waals surface area contributed by atoms with Gasteiger partial charge in [0, 0.05) is 11.8 Å².